The highest BCUT2D eigenvalue weighted by Crippen LogP contribution is 2.35. The molecule has 0 amide bonds. The maximum atomic E-state index is 12.5. The minimum atomic E-state index is 0.262. The van der Waals surface area contributed by atoms with Gasteiger partial charge in [0.15, 0.2) is 5.78 Å². The second-order valence-corrected chi connectivity index (χ2v) is 6.04. The molecule has 1 heterocycles. The van der Waals surface area contributed by atoms with Gasteiger partial charge >= 0.3 is 0 Å². The zero-order chi connectivity index (χ0) is 11.8. The van der Waals surface area contributed by atoms with Gasteiger partial charge in [-0.1, -0.05) is 19.1 Å². The molecule has 2 aromatic rings. The third-order valence-electron chi connectivity index (χ3n) is 3.81. The largest absolute Gasteiger partial charge is 0.294 e. The molecule has 1 aliphatic carbocycles. The zero-order valence-corrected chi connectivity index (χ0v) is 10.8. The van der Waals surface area contributed by atoms with Gasteiger partial charge in [0.05, 0.1) is 0 Å². The van der Waals surface area contributed by atoms with Gasteiger partial charge in [0.2, 0.25) is 0 Å². The average molecular weight is 244 g/mol. The van der Waals surface area contributed by atoms with Crippen molar-refractivity contribution in [2.75, 3.05) is 0 Å². The Balaban J connectivity index is 1.98. The van der Waals surface area contributed by atoms with Gasteiger partial charge in [-0.25, -0.2) is 0 Å². The number of ketones is 1. The van der Waals surface area contributed by atoms with E-state index in [0.29, 0.717) is 11.7 Å². The quantitative estimate of drug-likeness (QED) is 0.710. The summed E-state index contributed by atoms with van der Waals surface area (Å²) in [6, 6.07) is 8.17. The molecule has 0 spiro atoms. The number of carbonyl (C=O) groups excluding carboxylic acids is 1. The predicted octanol–water partition coefficient (Wildman–Crippen LogP) is 4.52. The monoisotopic (exact) mass is 244 g/mol. The first-order valence-corrected chi connectivity index (χ1v) is 7.14. The molecule has 1 aromatic carbocycles. The molecule has 0 bridgehead atoms. The molecule has 1 aliphatic rings. The van der Waals surface area contributed by atoms with Crippen molar-refractivity contribution in [2.45, 2.75) is 26.2 Å². The fourth-order valence-corrected chi connectivity index (χ4v) is 3.77. The molecule has 1 aromatic heterocycles. The molecule has 0 saturated heterocycles. The zero-order valence-electron chi connectivity index (χ0n) is 9.98. The Morgan fingerprint density at radius 1 is 1.29 bits per heavy atom. The standard InChI is InChI=1S/C15H16OS/c1-10-5-6-12(9-10)14(16)13-4-2-3-11-7-8-17-15(11)13/h2-4,7-8,10,12H,5-6,9H2,1H3. The van der Waals surface area contributed by atoms with Crippen molar-refractivity contribution in [1.29, 1.82) is 0 Å². The Kier molecular flexibility index (Phi) is 2.75. The molecule has 2 heteroatoms. The Bertz CT molecular complexity index is 555. The van der Waals surface area contributed by atoms with Gasteiger partial charge in [0.1, 0.15) is 0 Å². The SMILES string of the molecule is CC1CCC(C(=O)c2cccc3ccsc23)C1. The average Bonchev–Trinajstić information content (AvgIpc) is 2.95. The Labute approximate surface area is 105 Å². The van der Waals surface area contributed by atoms with E-state index in [0.717, 1.165) is 23.1 Å². The third-order valence-corrected chi connectivity index (χ3v) is 4.77. The van der Waals surface area contributed by atoms with Crippen LogP contribution in [0.5, 0.6) is 0 Å². The topological polar surface area (TPSA) is 17.1 Å². The van der Waals surface area contributed by atoms with E-state index in [2.05, 4.69) is 24.4 Å². The summed E-state index contributed by atoms with van der Waals surface area (Å²) in [4.78, 5) is 12.5. The van der Waals surface area contributed by atoms with Crippen molar-refractivity contribution in [3.05, 3.63) is 35.2 Å². The summed E-state index contributed by atoms with van der Waals surface area (Å²) in [5, 5.41) is 3.27. The summed E-state index contributed by atoms with van der Waals surface area (Å²) < 4.78 is 1.16. The maximum Gasteiger partial charge on any atom is 0.167 e. The number of benzene rings is 1. The lowest BCUT2D eigenvalue weighted by atomic mass is 9.95. The van der Waals surface area contributed by atoms with Gasteiger partial charge in [-0.15, -0.1) is 11.3 Å². The van der Waals surface area contributed by atoms with Crippen molar-refractivity contribution >= 4 is 27.2 Å². The molecule has 0 radical (unpaired) electrons. The van der Waals surface area contributed by atoms with Crippen LogP contribution in [0.2, 0.25) is 0 Å². The number of thiophene rings is 1. The van der Waals surface area contributed by atoms with Crippen LogP contribution in [0, 0.1) is 11.8 Å². The minimum absolute atomic E-state index is 0.262. The first-order chi connectivity index (χ1) is 8.25. The number of carbonyl (C=O) groups is 1. The van der Waals surface area contributed by atoms with Crippen LogP contribution >= 0.6 is 11.3 Å². The highest BCUT2D eigenvalue weighted by molar-refractivity contribution is 7.17. The minimum Gasteiger partial charge on any atom is -0.294 e. The van der Waals surface area contributed by atoms with Crippen molar-refractivity contribution in [1.82, 2.24) is 0 Å². The fourth-order valence-electron chi connectivity index (χ4n) is 2.85. The second kappa shape index (κ2) is 4.26. The Morgan fingerprint density at radius 3 is 2.94 bits per heavy atom. The lowest BCUT2D eigenvalue weighted by molar-refractivity contribution is 0.0922. The first-order valence-electron chi connectivity index (χ1n) is 6.26. The lowest BCUT2D eigenvalue weighted by Gasteiger charge is -2.09. The van der Waals surface area contributed by atoms with Gasteiger partial charge in [0.25, 0.3) is 0 Å². The summed E-state index contributed by atoms with van der Waals surface area (Å²) in [6.07, 6.45) is 3.35. The highest BCUT2D eigenvalue weighted by atomic mass is 32.1. The van der Waals surface area contributed by atoms with E-state index >= 15 is 0 Å². The molecule has 2 atom stereocenters. The molecule has 1 saturated carbocycles. The summed E-state index contributed by atoms with van der Waals surface area (Å²) in [5.41, 5.74) is 0.941. The van der Waals surface area contributed by atoms with E-state index < -0.39 is 0 Å². The van der Waals surface area contributed by atoms with Crippen LogP contribution in [0.25, 0.3) is 10.1 Å². The van der Waals surface area contributed by atoms with E-state index in [4.69, 9.17) is 0 Å². The van der Waals surface area contributed by atoms with E-state index in [1.54, 1.807) is 11.3 Å². The molecule has 1 fully saturated rings. The van der Waals surface area contributed by atoms with Crippen molar-refractivity contribution in [3.63, 3.8) is 0 Å². The van der Waals surface area contributed by atoms with Crippen LogP contribution in [0.15, 0.2) is 29.6 Å². The third kappa shape index (κ3) is 1.91. The molecule has 1 nitrogen and oxygen atoms in total. The summed E-state index contributed by atoms with van der Waals surface area (Å²) in [7, 11) is 0. The van der Waals surface area contributed by atoms with Crippen molar-refractivity contribution in [3.8, 4) is 0 Å². The number of Topliss-reactive ketones (excluding diaryl/α,β-unsaturated/α-hetero) is 1. The summed E-state index contributed by atoms with van der Waals surface area (Å²) in [5.74, 6) is 1.34. The number of fused-ring (bicyclic) bond motifs is 1. The molecule has 88 valence electrons. The second-order valence-electron chi connectivity index (χ2n) is 5.12. The summed E-state index contributed by atoms with van der Waals surface area (Å²) in [6.45, 7) is 2.25. The first kappa shape index (κ1) is 11.0. The smallest absolute Gasteiger partial charge is 0.167 e. The number of hydrogen-bond acceptors (Lipinski definition) is 2. The van der Waals surface area contributed by atoms with E-state index in [9.17, 15) is 4.79 Å². The number of hydrogen-bond donors (Lipinski definition) is 0. The van der Waals surface area contributed by atoms with Gasteiger partial charge in [-0.3, -0.25) is 4.79 Å². The van der Waals surface area contributed by atoms with Crippen LogP contribution in [-0.4, -0.2) is 5.78 Å². The molecule has 3 rings (SSSR count). The van der Waals surface area contributed by atoms with Crippen LogP contribution in [0.4, 0.5) is 0 Å². The number of rotatable bonds is 2. The lowest BCUT2D eigenvalue weighted by Crippen LogP contribution is -2.11. The molecule has 0 N–H and O–H groups in total. The van der Waals surface area contributed by atoms with Crippen LogP contribution < -0.4 is 0 Å². The molecule has 17 heavy (non-hydrogen) atoms. The maximum absolute atomic E-state index is 12.5. The van der Waals surface area contributed by atoms with Crippen molar-refractivity contribution in [2.24, 2.45) is 11.8 Å². The van der Waals surface area contributed by atoms with Gasteiger partial charge < -0.3 is 0 Å². The van der Waals surface area contributed by atoms with Crippen LogP contribution in [0.1, 0.15) is 36.5 Å². The van der Waals surface area contributed by atoms with Crippen molar-refractivity contribution < 1.29 is 4.79 Å². The fraction of sp³-hybridized carbons (Fsp3) is 0.400. The molecule has 2 unspecified atom stereocenters. The molecular formula is C15H16OS. The predicted molar refractivity (Wildman–Crippen MR) is 72.7 cm³/mol. The Hall–Kier alpha value is -1.15. The highest BCUT2D eigenvalue weighted by Gasteiger charge is 2.28. The molecule has 0 aliphatic heterocycles. The van der Waals surface area contributed by atoms with Crippen LogP contribution in [0.3, 0.4) is 0 Å². The molecular weight excluding hydrogens is 228 g/mol. The Morgan fingerprint density at radius 2 is 2.18 bits per heavy atom. The normalized spacial score (nSPS) is 24.3. The van der Waals surface area contributed by atoms with E-state index in [1.807, 2.05) is 12.1 Å². The van der Waals surface area contributed by atoms with E-state index in [1.165, 1.54) is 11.8 Å². The van der Waals surface area contributed by atoms with Gasteiger partial charge in [0, 0.05) is 16.2 Å². The van der Waals surface area contributed by atoms with Crippen LogP contribution in [-0.2, 0) is 0 Å². The van der Waals surface area contributed by atoms with Gasteiger partial charge in [-0.2, -0.15) is 0 Å². The van der Waals surface area contributed by atoms with Gasteiger partial charge in [-0.05, 0) is 48.1 Å². The summed E-state index contributed by atoms with van der Waals surface area (Å²) >= 11 is 1.68. The van der Waals surface area contributed by atoms with E-state index in [-0.39, 0.29) is 5.92 Å².